The Morgan fingerprint density at radius 2 is 2.00 bits per heavy atom. The molecule has 100 valence electrons. The van der Waals surface area contributed by atoms with Crippen molar-refractivity contribution in [1.29, 1.82) is 0 Å². The quantitative estimate of drug-likeness (QED) is 0.565. The predicted octanol–water partition coefficient (Wildman–Crippen LogP) is 2.11. The summed E-state index contributed by atoms with van der Waals surface area (Å²) < 4.78 is 0. The molecule has 19 heavy (non-hydrogen) atoms. The van der Waals surface area contributed by atoms with Gasteiger partial charge in [-0.3, -0.25) is 11.3 Å². The standard InChI is InChI=1S/C15H20N4/c1-11-9-13(15(16)18-10-11)14(19-17)8-7-12-5-3-2-4-6-12/h2-6,9-10,14,19H,7-8,17H2,1H3,(H2,16,18). The van der Waals surface area contributed by atoms with E-state index in [1.54, 1.807) is 6.20 Å². The molecule has 5 N–H and O–H groups in total. The Kier molecular flexibility index (Phi) is 4.49. The molecule has 4 nitrogen and oxygen atoms in total. The minimum Gasteiger partial charge on any atom is -0.383 e. The molecule has 2 rings (SSSR count). The summed E-state index contributed by atoms with van der Waals surface area (Å²) in [6.45, 7) is 2.00. The Morgan fingerprint density at radius 3 is 2.68 bits per heavy atom. The Labute approximate surface area is 113 Å². The normalized spacial score (nSPS) is 12.3. The molecule has 1 atom stereocenters. The summed E-state index contributed by atoms with van der Waals surface area (Å²) in [5.41, 5.74) is 12.1. The highest BCUT2D eigenvalue weighted by Crippen LogP contribution is 2.23. The maximum absolute atomic E-state index is 5.93. The van der Waals surface area contributed by atoms with Crippen molar-refractivity contribution >= 4 is 5.82 Å². The zero-order valence-corrected chi connectivity index (χ0v) is 11.1. The molecule has 0 aliphatic carbocycles. The number of aromatic nitrogens is 1. The van der Waals surface area contributed by atoms with Crippen LogP contribution in [0, 0.1) is 6.92 Å². The minimum atomic E-state index is 0.0209. The van der Waals surface area contributed by atoms with Crippen LogP contribution in [0.3, 0.4) is 0 Å². The molecule has 1 aromatic carbocycles. The molecule has 1 unspecified atom stereocenters. The number of rotatable bonds is 5. The third-order valence-corrected chi connectivity index (χ3v) is 3.23. The Balaban J connectivity index is 2.10. The van der Waals surface area contributed by atoms with Gasteiger partial charge < -0.3 is 5.73 Å². The lowest BCUT2D eigenvalue weighted by atomic mass is 9.99. The first kappa shape index (κ1) is 13.5. The van der Waals surface area contributed by atoms with Crippen molar-refractivity contribution in [2.45, 2.75) is 25.8 Å². The van der Waals surface area contributed by atoms with E-state index >= 15 is 0 Å². The first-order valence-electron chi connectivity index (χ1n) is 6.43. The summed E-state index contributed by atoms with van der Waals surface area (Å²) in [4.78, 5) is 4.18. The molecule has 0 amide bonds. The number of aryl methyl sites for hydroxylation is 2. The number of pyridine rings is 1. The van der Waals surface area contributed by atoms with Crippen LogP contribution in [0.4, 0.5) is 5.82 Å². The number of hydrogen-bond acceptors (Lipinski definition) is 4. The molecule has 1 heterocycles. The summed E-state index contributed by atoms with van der Waals surface area (Å²) in [5, 5.41) is 0. The van der Waals surface area contributed by atoms with Crippen molar-refractivity contribution in [1.82, 2.24) is 10.4 Å². The molecule has 0 aliphatic heterocycles. The molecule has 4 heteroatoms. The molecule has 0 spiro atoms. The van der Waals surface area contributed by atoms with Crippen LogP contribution >= 0.6 is 0 Å². The highest BCUT2D eigenvalue weighted by atomic mass is 15.2. The van der Waals surface area contributed by atoms with E-state index in [9.17, 15) is 0 Å². The average Bonchev–Trinajstić information content (AvgIpc) is 2.44. The number of nitrogen functional groups attached to an aromatic ring is 1. The van der Waals surface area contributed by atoms with Crippen LogP contribution in [0.15, 0.2) is 42.6 Å². The largest absolute Gasteiger partial charge is 0.383 e. The molecule has 2 aromatic rings. The zero-order valence-electron chi connectivity index (χ0n) is 11.1. The maximum Gasteiger partial charge on any atom is 0.128 e. The van der Waals surface area contributed by atoms with Crippen molar-refractivity contribution < 1.29 is 0 Å². The summed E-state index contributed by atoms with van der Waals surface area (Å²) in [7, 11) is 0. The minimum absolute atomic E-state index is 0.0209. The van der Waals surface area contributed by atoms with E-state index in [4.69, 9.17) is 11.6 Å². The lowest BCUT2D eigenvalue weighted by Gasteiger charge is -2.18. The first-order chi connectivity index (χ1) is 9.20. The van der Waals surface area contributed by atoms with E-state index in [0.29, 0.717) is 5.82 Å². The number of nitrogens with one attached hydrogen (secondary N) is 1. The van der Waals surface area contributed by atoms with Gasteiger partial charge in [0, 0.05) is 17.8 Å². The predicted molar refractivity (Wildman–Crippen MR) is 78.2 cm³/mol. The average molecular weight is 256 g/mol. The van der Waals surface area contributed by atoms with Gasteiger partial charge in [0.1, 0.15) is 5.82 Å². The van der Waals surface area contributed by atoms with Gasteiger partial charge in [0.15, 0.2) is 0 Å². The monoisotopic (exact) mass is 256 g/mol. The number of hydrazine groups is 1. The molecule has 0 fully saturated rings. The fourth-order valence-corrected chi connectivity index (χ4v) is 2.17. The Bertz CT molecular complexity index is 525. The van der Waals surface area contributed by atoms with Crippen molar-refractivity contribution in [3.63, 3.8) is 0 Å². The van der Waals surface area contributed by atoms with Crippen LogP contribution in [-0.2, 0) is 6.42 Å². The van der Waals surface area contributed by atoms with Crippen LogP contribution in [0.5, 0.6) is 0 Å². The smallest absolute Gasteiger partial charge is 0.128 e. The number of hydrogen-bond donors (Lipinski definition) is 3. The zero-order chi connectivity index (χ0) is 13.7. The lowest BCUT2D eigenvalue weighted by Crippen LogP contribution is -2.29. The van der Waals surface area contributed by atoms with E-state index in [1.165, 1.54) is 5.56 Å². The SMILES string of the molecule is Cc1cnc(N)c(C(CCc2ccccc2)NN)c1. The topological polar surface area (TPSA) is 77.0 Å². The number of nitrogens with two attached hydrogens (primary N) is 2. The lowest BCUT2D eigenvalue weighted by molar-refractivity contribution is 0.516. The van der Waals surface area contributed by atoms with Gasteiger partial charge in [-0.1, -0.05) is 30.3 Å². The van der Waals surface area contributed by atoms with Crippen molar-refractivity contribution in [3.05, 3.63) is 59.3 Å². The highest BCUT2D eigenvalue weighted by Gasteiger charge is 2.14. The van der Waals surface area contributed by atoms with E-state index in [2.05, 4.69) is 22.5 Å². The van der Waals surface area contributed by atoms with Gasteiger partial charge in [-0.2, -0.15) is 0 Å². The molecule has 0 aliphatic rings. The van der Waals surface area contributed by atoms with Crippen LogP contribution in [-0.4, -0.2) is 4.98 Å². The second-order valence-corrected chi connectivity index (χ2v) is 4.73. The van der Waals surface area contributed by atoms with E-state index in [0.717, 1.165) is 24.0 Å². The van der Waals surface area contributed by atoms with Gasteiger partial charge in [0.05, 0.1) is 0 Å². The molecule has 0 saturated carbocycles. The number of benzene rings is 1. The van der Waals surface area contributed by atoms with Gasteiger partial charge in [0.2, 0.25) is 0 Å². The van der Waals surface area contributed by atoms with Crippen molar-refractivity contribution in [2.75, 3.05) is 5.73 Å². The molecule has 0 radical (unpaired) electrons. The van der Waals surface area contributed by atoms with Gasteiger partial charge in [-0.15, -0.1) is 0 Å². The summed E-state index contributed by atoms with van der Waals surface area (Å²) in [6.07, 6.45) is 3.60. The molecule has 1 aromatic heterocycles. The summed E-state index contributed by atoms with van der Waals surface area (Å²) in [5.74, 6) is 6.20. The van der Waals surface area contributed by atoms with Gasteiger partial charge in [0.25, 0.3) is 0 Å². The van der Waals surface area contributed by atoms with E-state index in [-0.39, 0.29) is 6.04 Å². The maximum atomic E-state index is 5.93. The Hall–Kier alpha value is -1.91. The van der Waals surface area contributed by atoms with Crippen molar-refractivity contribution in [3.8, 4) is 0 Å². The fourth-order valence-electron chi connectivity index (χ4n) is 2.17. The van der Waals surface area contributed by atoms with Crippen LogP contribution < -0.4 is 17.0 Å². The molecular formula is C15H20N4. The first-order valence-corrected chi connectivity index (χ1v) is 6.43. The van der Waals surface area contributed by atoms with Crippen LogP contribution in [0.2, 0.25) is 0 Å². The number of anilines is 1. The second kappa shape index (κ2) is 6.31. The second-order valence-electron chi connectivity index (χ2n) is 4.73. The molecular weight excluding hydrogens is 236 g/mol. The third kappa shape index (κ3) is 3.53. The van der Waals surface area contributed by atoms with Crippen LogP contribution in [0.1, 0.15) is 29.2 Å². The summed E-state index contributed by atoms with van der Waals surface area (Å²) >= 11 is 0. The van der Waals surface area contributed by atoms with Gasteiger partial charge in [-0.05, 0) is 37.0 Å². The Morgan fingerprint density at radius 1 is 1.26 bits per heavy atom. The molecule has 0 saturated heterocycles. The van der Waals surface area contributed by atoms with Gasteiger partial charge >= 0.3 is 0 Å². The third-order valence-electron chi connectivity index (χ3n) is 3.23. The van der Waals surface area contributed by atoms with E-state index < -0.39 is 0 Å². The fraction of sp³-hybridized carbons (Fsp3) is 0.267. The van der Waals surface area contributed by atoms with Crippen molar-refractivity contribution in [2.24, 2.45) is 5.84 Å². The van der Waals surface area contributed by atoms with Gasteiger partial charge in [-0.25, -0.2) is 4.98 Å². The van der Waals surface area contributed by atoms with Crippen LogP contribution in [0.25, 0.3) is 0 Å². The van der Waals surface area contributed by atoms with E-state index in [1.807, 2.05) is 31.2 Å². The summed E-state index contributed by atoms with van der Waals surface area (Å²) in [6, 6.07) is 12.4. The highest BCUT2D eigenvalue weighted by molar-refractivity contribution is 5.43. The molecule has 0 bridgehead atoms. The number of nitrogens with zero attached hydrogens (tertiary/aromatic N) is 1.